The highest BCUT2D eigenvalue weighted by Crippen LogP contribution is 2.67. The molecule has 12 atom stereocenters. The Labute approximate surface area is 238 Å². The molecule has 2 N–H and O–H groups in total. The third kappa shape index (κ3) is 5.64. The van der Waals surface area contributed by atoms with Gasteiger partial charge in [0.15, 0.2) is 5.78 Å². The van der Waals surface area contributed by atoms with Gasteiger partial charge in [0.2, 0.25) is 0 Å². The van der Waals surface area contributed by atoms with E-state index >= 15 is 0 Å². The van der Waals surface area contributed by atoms with Crippen molar-refractivity contribution in [3.63, 3.8) is 0 Å². The molecule has 39 heavy (non-hydrogen) atoms. The van der Waals surface area contributed by atoms with Crippen LogP contribution in [0.4, 0.5) is 0 Å². The number of rotatable bonds is 10. The van der Waals surface area contributed by atoms with Crippen molar-refractivity contribution in [3.8, 4) is 0 Å². The molecule has 0 aromatic rings. The van der Waals surface area contributed by atoms with E-state index in [1.165, 1.54) is 32.1 Å². The highest BCUT2D eigenvalue weighted by Gasteiger charge is 2.61. The lowest BCUT2D eigenvalue weighted by molar-refractivity contribution is -0.169. The van der Waals surface area contributed by atoms with Crippen LogP contribution in [0.15, 0.2) is 0 Å². The van der Waals surface area contributed by atoms with Crippen LogP contribution in [-0.4, -0.2) is 29.7 Å². The number of carbonyl (C=O) groups excluding carboxylic acids is 3. The SMILES string of the molecule is CCC(C)[C@H](N)C(=O)C[C@H](C(=O)O[C@@H]1CC[C@@]2(C)[C@@H](CC[C@@H]3[C@@H]2CC[C@]2(C)[C@@H](C(C)=O)CC[C@@H]32)C1)[C@@H](C)CC. The van der Waals surface area contributed by atoms with Crippen molar-refractivity contribution in [1.82, 2.24) is 0 Å². The first kappa shape index (κ1) is 30.7. The van der Waals surface area contributed by atoms with Crippen LogP contribution < -0.4 is 5.73 Å². The number of hydrogen-bond donors (Lipinski definition) is 1. The number of hydrogen-bond acceptors (Lipinski definition) is 5. The van der Waals surface area contributed by atoms with E-state index in [4.69, 9.17) is 10.5 Å². The molecule has 4 fully saturated rings. The lowest BCUT2D eigenvalue weighted by Crippen LogP contribution is -2.54. The number of carbonyl (C=O) groups is 3. The predicted octanol–water partition coefficient (Wildman–Crippen LogP) is 7.14. The molecule has 0 aromatic carbocycles. The molecule has 0 spiro atoms. The summed E-state index contributed by atoms with van der Waals surface area (Å²) in [5.74, 6) is 3.01. The first-order chi connectivity index (χ1) is 18.4. The molecule has 4 aliphatic carbocycles. The molecule has 0 bridgehead atoms. The molecular formula is C34H57NO4. The minimum atomic E-state index is -0.511. The maximum absolute atomic E-state index is 13.5. The van der Waals surface area contributed by atoms with Crippen LogP contribution in [0.5, 0.6) is 0 Å². The van der Waals surface area contributed by atoms with Crippen LogP contribution in [0.3, 0.4) is 0 Å². The normalized spacial score (nSPS) is 40.8. The lowest BCUT2D eigenvalue weighted by atomic mass is 9.44. The van der Waals surface area contributed by atoms with E-state index in [-0.39, 0.29) is 47.4 Å². The van der Waals surface area contributed by atoms with Gasteiger partial charge in [-0.25, -0.2) is 0 Å². The van der Waals surface area contributed by atoms with Gasteiger partial charge in [-0.05, 0) is 111 Å². The molecule has 5 heteroatoms. The lowest BCUT2D eigenvalue weighted by Gasteiger charge is -2.61. The van der Waals surface area contributed by atoms with Gasteiger partial charge in [0.1, 0.15) is 11.9 Å². The van der Waals surface area contributed by atoms with Gasteiger partial charge in [0, 0.05) is 12.3 Å². The molecule has 4 rings (SSSR count). The topological polar surface area (TPSA) is 86.5 Å². The van der Waals surface area contributed by atoms with Crippen molar-refractivity contribution >= 4 is 17.5 Å². The number of ether oxygens (including phenoxy) is 1. The smallest absolute Gasteiger partial charge is 0.309 e. The average Bonchev–Trinajstić information content (AvgIpc) is 3.27. The van der Waals surface area contributed by atoms with Gasteiger partial charge in [0.05, 0.1) is 12.0 Å². The van der Waals surface area contributed by atoms with E-state index in [9.17, 15) is 14.4 Å². The monoisotopic (exact) mass is 543 g/mol. The van der Waals surface area contributed by atoms with Crippen molar-refractivity contribution in [1.29, 1.82) is 0 Å². The summed E-state index contributed by atoms with van der Waals surface area (Å²) in [6.07, 6.45) is 12.0. The molecule has 1 unspecified atom stereocenters. The summed E-state index contributed by atoms with van der Waals surface area (Å²) in [5, 5.41) is 0. The Morgan fingerprint density at radius 2 is 1.51 bits per heavy atom. The van der Waals surface area contributed by atoms with Crippen LogP contribution >= 0.6 is 0 Å². The number of Topliss-reactive ketones (excluding diaryl/α,β-unsaturated/α-hetero) is 2. The maximum atomic E-state index is 13.5. The fraction of sp³-hybridized carbons (Fsp3) is 0.912. The van der Waals surface area contributed by atoms with Gasteiger partial charge >= 0.3 is 5.97 Å². The van der Waals surface area contributed by atoms with Crippen molar-refractivity contribution in [3.05, 3.63) is 0 Å². The van der Waals surface area contributed by atoms with Gasteiger partial charge in [-0.1, -0.05) is 54.4 Å². The zero-order valence-corrected chi connectivity index (χ0v) is 26.0. The molecular weight excluding hydrogens is 486 g/mol. The molecule has 0 amide bonds. The van der Waals surface area contributed by atoms with E-state index in [1.54, 1.807) is 0 Å². The summed E-state index contributed by atoms with van der Waals surface area (Å²) in [6, 6.07) is -0.511. The second-order valence-corrected chi connectivity index (χ2v) is 14.8. The largest absolute Gasteiger partial charge is 0.462 e. The summed E-state index contributed by atoms with van der Waals surface area (Å²) >= 11 is 0. The van der Waals surface area contributed by atoms with Gasteiger partial charge in [0.25, 0.3) is 0 Å². The molecule has 222 valence electrons. The standard InChI is InChI=1S/C34H57NO4/c1-8-20(3)26(19-30(37)31(35)21(4)9-2)32(38)39-24-14-16-33(6)23(18-24)10-11-25-28-13-12-27(22(5)36)34(28,7)17-15-29(25)33/h20-21,23-29,31H,8-19,35H2,1-7H3/t20-,21?,23-,24+,25-,26-,27+,28-,29-,31-,33-,34+/m0/s1. The Balaban J connectivity index is 1.40. The highest BCUT2D eigenvalue weighted by molar-refractivity contribution is 5.88. The zero-order chi connectivity index (χ0) is 28.7. The molecule has 0 radical (unpaired) electrons. The summed E-state index contributed by atoms with van der Waals surface area (Å²) < 4.78 is 6.23. The third-order valence-corrected chi connectivity index (χ3v) is 13.1. The number of fused-ring (bicyclic) bond motifs is 5. The fourth-order valence-electron chi connectivity index (χ4n) is 9.97. The van der Waals surface area contributed by atoms with E-state index in [0.717, 1.165) is 50.4 Å². The first-order valence-corrected chi connectivity index (χ1v) is 16.4. The molecule has 5 nitrogen and oxygen atoms in total. The number of nitrogens with two attached hydrogens (primary N) is 1. The van der Waals surface area contributed by atoms with Gasteiger partial charge < -0.3 is 10.5 Å². The Hall–Kier alpha value is -1.23. The molecule has 4 saturated carbocycles. The Morgan fingerprint density at radius 3 is 2.15 bits per heavy atom. The molecule has 0 heterocycles. The Kier molecular flexibility index (Phi) is 9.41. The molecule has 0 aromatic heterocycles. The fourth-order valence-corrected chi connectivity index (χ4v) is 9.97. The highest BCUT2D eigenvalue weighted by atomic mass is 16.5. The average molecular weight is 544 g/mol. The molecule has 0 aliphatic heterocycles. The van der Waals surface area contributed by atoms with Gasteiger partial charge in [-0.15, -0.1) is 0 Å². The van der Waals surface area contributed by atoms with Crippen LogP contribution in [0.2, 0.25) is 0 Å². The third-order valence-electron chi connectivity index (χ3n) is 13.1. The van der Waals surface area contributed by atoms with E-state index in [0.29, 0.717) is 23.0 Å². The van der Waals surface area contributed by atoms with E-state index in [1.807, 2.05) is 20.8 Å². The van der Waals surface area contributed by atoms with Crippen molar-refractivity contribution in [2.24, 2.45) is 63.9 Å². The minimum absolute atomic E-state index is 0.00985. The van der Waals surface area contributed by atoms with Crippen molar-refractivity contribution in [2.75, 3.05) is 0 Å². The minimum Gasteiger partial charge on any atom is -0.462 e. The van der Waals surface area contributed by atoms with Gasteiger partial charge in [-0.2, -0.15) is 0 Å². The van der Waals surface area contributed by atoms with E-state index < -0.39 is 12.0 Å². The van der Waals surface area contributed by atoms with Crippen LogP contribution in [0.1, 0.15) is 126 Å². The van der Waals surface area contributed by atoms with Gasteiger partial charge in [-0.3, -0.25) is 14.4 Å². The zero-order valence-electron chi connectivity index (χ0n) is 26.0. The summed E-state index contributed by atoms with van der Waals surface area (Å²) in [5.41, 5.74) is 6.73. The van der Waals surface area contributed by atoms with Crippen LogP contribution in [0.25, 0.3) is 0 Å². The Bertz CT molecular complexity index is 917. The van der Waals surface area contributed by atoms with Crippen LogP contribution in [-0.2, 0) is 19.1 Å². The summed E-state index contributed by atoms with van der Waals surface area (Å²) in [4.78, 5) is 38.9. The summed E-state index contributed by atoms with van der Waals surface area (Å²) in [6.45, 7) is 15.0. The van der Waals surface area contributed by atoms with Crippen molar-refractivity contribution < 1.29 is 19.1 Å². The maximum Gasteiger partial charge on any atom is 0.309 e. The molecule has 0 saturated heterocycles. The number of esters is 1. The second-order valence-electron chi connectivity index (χ2n) is 14.8. The van der Waals surface area contributed by atoms with E-state index in [2.05, 4.69) is 27.7 Å². The predicted molar refractivity (Wildman–Crippen MR) is 156 cm³/mol. The second kappa shape index (κ2) is 11.9. The molecule has 4 aliphatic rings. The number of ketones is 2. The van der Waals surface area contributed by atoms with Crippen molar-refractivity contribution in [2.45, 2.75) is 138 Å². The quantitative estimate of drug-likeness (QED) is 0.296. The summed E-state index contributed by atoms with van der Waals surface area (Å²) in [7, 11) is 0. The first-order valence-electron chi connectivity index (χ1n) is 16.4. The van der Waals surface area contributed by atoms with Crippen LogP contribution in [0, 0.1) is 58.2 Å². The Morgan fingerprint density at radius 1 is 0.872 bits per heavy atom.